The smallest absolute Gasteiger partial charge is 0.267 e. The summed E-state index contributed by atoms with van der Waals surface area (Å²) in [5, 5.41) is 16.0. The van der Waals surface area contributed by atoms with Crippen molar-refractivity contribution >= 4 is 41.2 Å². The lowest BCUT2D eigenvalue weighted by molar-refractivity contribution is -0.384. The SMILES string of the molecule is Cc1cc(C)nc(Sc2ccc([N+](=O)[O-])cc2/C=N/NC(=O)c2cccc(Cl)c2)n1. The molecule has 0 fully saturated rings. The molecule has 0 aliphatic heterocycles. The number of benzene rings is 2. The molecule has 0 atom stereocenters. The summed E-state index contributed by atoms with van der Waals surface area (Å²) in [7, 11) is 0. The van der Waals surface area contributed by atoms with Gasteiger partial charge in [-0.3, -0.25) is 14.9 Å². The number of nitrogens with zero attached hydrogens (tertiary/aromatic N) is 4. The predicted octanol–water partition coefficient (Wildman–Crippen LogP) is 4.57. The summed E-state index contributed by atoms with van der Waals surface area (Å²) in [6.07, 6.45) is 1.35. The maximum absolute atomic E-state index is 12.2. The second-order valence-corrected chi connectivity index (χ2v) is 7.67. The summed E-state index contributed by atoms with van der Waals surface area (Å²) in [4.78, 5) is 32.3. The minimum atomic E-state index is -0.496. The molecule has 0 saturated carbocycles. The number of aromatic nitrogens is 2. The number of hydrogen-bond donors (Lipinski definition) is 1. The molecule has 30 heavy (non-hydrogen) atoms. The van der Waals surface area contributed by atoms with Crippen molar-refractivity contribution in [2.45, 2.75) is 23.9 Å². The van der Waals surface area contributed by atoms with Gasteiger partial charge in [0.25, 0.3) is 11.6 Å². The molecule has 2 aromatic carbocycles. The average Bonchev–Trinajstić information content (AvgIpc) is 2.68. The molecule has 0 unspecified atom stereocenters. The summed E-state index contributed by atoms with van der Waals surface area (Å²) in [6.45, 7) is 3.73. The Bertz CT molecular complexity index is 1130. The fraction of sp³-hybridized carbons (Fsp3) is 0.100. The lowest BCUT2D eigenvalue weighted by Crippen LogP contribution is -2.17. The van der Waals surface area contributed by atoms with Gasteiger partial charge in [-0.25, -0.2) is 15.4 Å². The summed E-state index contributed by atoms with van der Waals surface area (Å²) < 4.78 is 0. The third-order valence-electron chi connectivity index (χ3n) is 3.82. The fourth-order valence-corrected chi connectivity index (χ4v) is 3.67. The molecule has 1 aromatic heterocycles. The maximum atomic E-state index is 12.2. The van der Waals surface area contributed by atoms with Crippen LogP contribution in [0.15, 0.2) is 63.7 Å². The van der Waals surface area contributed by atoms with Gasteiger partial charge in [0.2, 0.25) is 0 Å². The van der Waals surface area contributed by atoms with Crippen LogP contribution in [0.3, 0.4) is 0 Å². The normalized spacial score (nSPS) is 10.9. The summed E-state index contributed by atoms with van der Waals surface area (Å²) in [6, 6.07) is 12.6. The molecule has 0 saturated heterocycles. The van der Waals surface area contributed by atoms with E-state index >= 15 is 0 Å². The number of nitro benzene ring substituents is 1. The molecular formula is C20H16ClN5O3S. The molecule has 0 radical (unpaired) electrons. The summed E-state index contributed by atoms with van der Waals surface area (Å²) >= 11 is 7.14. The molecule has 1 N–H and O–H groups in total. The topological polar surface area (TPSA) is 110 Å². The van der Waals surface area contributed by atoms with Crippen molar-refractivity contribution in [1.29, 1.82) is 0 Å². The largest absolute Gasteiger partial charge is 0.271 e. The van der Waals surface area contributed by atoms with E-state index in [1.54, 1.807) is 24.3 Å². The Labute approximate surface area is 181 Å². The van der Waals surface area contributed by atoms with Gasteiger partial charge in [0, 0.05) is 44.6 Å². The number of halogens is 1. The van der Waals surface area contributed by atoms with Crippen LogP contribution in [0, 0.1) is 24.0 Å². The highest BCUT2D eigenvalue weighted by molar-refractivity contribution is 7.99. The number of nitro groups is 1. The molecule has 152 valence electrons. The minimum absolute atomic E-state index is 0.0942. The zero-order valence-corrected chi connectivity index (χ0v) is 17.6. The van der Waals surface area contributed by atoms with E-state index in [1.165, 1.54) is 36.2 Å². The van der Waals surface area contributed by atoms with Crippen molar-refractivity contribution < 1.29 is 9.72 Å². The highest BCUT2D eigenvalue weighted by Crippen LogP contribution is 2.30. The highest BCUT2D eigenvalue weighted by Gasteiger charge is 2.13. The first kappa shape index (κ1) is 21.4. The van der Waals surface area contributed by atoms with Crippen molar-refractivity contribution in [3.8, 4) is 0 Å². The van der Waals surface area contributed by atoms with E-state index in [-0.39, 0.29) is 5.69 Å². The van der Waals surface area contributed by atoms with Gasteiger partial charge < -0.3 is 0 Å². The predicted molar refractivity (Wildman–Crippen MR) is 115 cm³/mol. The molecule has 0 aliphatic rings. The van der Waals surface area contributed by atoms with Gasteiger partial charge in [-0.15, -0.1) is 0 Å². The van der Waals surface area contributed by atoms with Crippen LogP contribution in [0.5, 0.6) is 0 Å². The van der Waals surface area contributed by atoms with E-state index < -0.39 is 10.8 Å². The van der Waals surface area contributed by atoms with Crippen molar-refractivity contribution in [1.82, 2.24) is 15.4 Å². The Kier molecular flexibility index (Phi) is 6.76. The Morgan fingerprint density at radius 1 is 1.17 bits per heavy atom. The van der Waals surface area contributed by atoms with Crippen molar-refractivity contribution in [3.63, 3.8) is 0 Å². The van der Waals surface area contributed by atoms with Crippen LogP contribution in [0.4, 0.5) is 5.69 Å². The monoisotopic (exact) mass is 441 g/mol. The second-order valence-electron chi connectivity index (χ2n) is 6.22. The Balaban J connectivity index is 1.85. The van der Waals surface area contributed by atoms with E-state index in [0.717, 1.165) is 11.4 Å². The summed E-state index contributed by atoms with van der Waals surface area (Å²) in [5.41, 5.74) is 4.72. The van der Waals surface area contributed by atoms with Crippen LogP contribution in [0.2, 0.25) is 5.02 Å². The van der Waals surface area contributed by atoms with Crippen LogP contribution in [-0.4, -0.2) is 27.0 Å². The lowest BCUT2D eigenvalue weighted by Gasteiger charge is -2.06. The number of nitrogens with one attached hydrogen (secondary N) is 1. The number of carbonyl (C=O) groups excluding carboxylic acids is 1. The first-order valence-corrected chi connectivity index (χ1v) is 9.89. The summed E-state index contributed by atoms with van der Waals surface area (Å²) in [5.74, 6) is -0.453. The minimum Gasteiger partial charge on any atom is -0.267 e. The van der Waals surface area contributed by atoms with Crippen LogP contribution in [0.25, 0.3) is 0 Å². The van der Waals surface area contributed by atoms with Crippen LogP contribution < -0.4 is 5.43 Å². The fourth-order valence-electron chi connectivity index (χ4n) is 2.54. The van der Waals surface area contributed by atoms with E-state index in [4.69, 9.17) is 11.6 Å². The van der Waals surface area contributed by atoms with Crippen molar-refractivity contribution in [2.75, 3.05) is 0 Å². The number of non-ortho nitro benzene ring substituents is 1. The first-order valence-electron chi connectivity index (χ1n) is 8.69. The lowest BCUT2D eigenvalue weighted by atomic mass is 10.2. The number of hydrazone groups is 1. The molecular weight excluding hydrogens is 426 g/mol. The van der Waals surface area contributed by atoms with E-state index in [0.29, 0.717) is 26.2 Å². The number of carbonyl (C=O) groups is 1. The van der Waals surface area contributed by atoms with Gasteiger partial charge in [-0.2, -0.15) is 5.10 Å². The molecule has 1 amide bonds. The molecule has 3 aromatic rings. The third-order valence-corrected chi connectivity index (χ3v) is 5.02. The number of aryl methyl sites for hydroxylation is 2. The molecule has 3 rings (SSSR count). The third kappa shape index (κ3) is 5.62. The number of rotatable bonds is 6. The maximum Gasteiger partial charge on any atom is 0.271 e. The van der Waals surface area contributed by atoms with Gasteiger partial charge in [0.1, 0.15) is 0 Å². The Hall–Kier alpha value is -3.30. The molecule has 0 spiro atoms. The van der Waals surface area contributed by atoms with Gasteiger partial charge >= 0.3 is 0 Å². The van der Waals surface area contributed by atoms with E-state index in [2.05, 4.69) is 20.5 Å². The van der Waals surface area contributed by atoms with E-state index in [9.17, 15) is 14.9 Å². The molecule has 0 aliphatic carbocycles. The molecule has 1 heterocycles. The molecule has 10 heteroatoms. The zero-order valence-electron chi connectivity index (χ0n) is 16.0. The number of amides is 1. The average molecular weight is 442 g/mol. The standard InChI is InChI=1S/C20H16ClN5O3S/c1-12-8-13(2)24-20(23-12)30-18-7-6-17(26(28)29)10-15(18)11-22-25-19(27)14-4-3-5-16(21)9-14/h3-11H,1-2H3,(H,25,27)/b22-11+. The van der Waals surface area contributed by atoms with E-state index in [1.807, 2.05) is 19.9 Å². The first-order chi connectivity index (χ1) is 14.3. The number of hydrogen-bond acceptors (Lipinski definition) is 7. The zero-order chi connectivity index (χ0) is 21.7. The van der Waals surface area contributed by atoms with Crippen LogP contribution in [-0.2, 0) is 0 Å². The second kappa shape index (κ2) is 9.47. The van der Waals surface area contributed by atoms with Gasteiger partial charge in [0.05, 0.1) is 11.1 Å². The quantitative estimate of drug-likeness (QED) is 0.259. The van der Waals surface area contributed by atoms with Gasteiger partial charge in [-0.05, 0) is 55.9 Å². The van der Waals surface area contributed by atoms with Crippen molar-refractivity contribution in [3.05, 3.63) is 86.2 Å². The molecule has 0 bridgehead atoms. The molecule has 8 nitrogen and oxygen atoms in total. The van der Waals surface area contributed by atoms with Gasteiger partial charge in [-0.1, -0.05) is 17.7 Å². The highest BCUT2D eigenvalue weighted by atomic mass is 35.5. The Morgan fingerprint density at radius 3 is 2.57 bits per heavy atom. The Morgan fingerprint density at radius 2 is 1.90 bits per heavy atom. The van der Waals surface area contributed by atoms with Crippen LogP contribution >= 0.6 is 23.4 Å². The van der Waals surface area contributed by atoms with Crippen LogP contribution in [0.1, 0.15) is 27.3 Å². The van der Waals surface area contributed by atoms with Gasteiger partial charge in [0.15, 0.2) is 5.16 Å². The van der Waals surface area contributed by atoms with Crippen molar-refractivity contribution in [2.24, 2.45) is 5.10 Å².